The lowest BCUT2D eigenvalue weighted by molar-refractivity contribution is 0.0587. The summed E-state index contributed by atoms with van der Waals surface area (Å²) in [6.07, 6.45) is -0.0659. The fourth-order valence-corrected chi connectivity index (χ4v) is 1.83. The topological polar surface area (TPSA) is 58.6 Å². The second kappa shape index (κ2) is 7.42. The van der Waals surface area contributed by atoms with Crippen molar-refractivity contribution in [3.8, 4) is 0 Å². The maximum absolute atomic E-state index is 11.8. The lowest BCUT2D eigenvalue weighted by Crippen LogP contribution is -2.28. The average Bonchev–Trinajstić information content (AvgIpc) is 2.29. The van der Waals surface area contributed by atoms with Crippen LogP contribution in [0.2, 0.25) is 0 Å². The normalized spacial score (nSPS) is 12.2. The standard InChI is InChI=1S/C12H16BrNO3/c1-17-8-9(15)6-7-14-12(16)10-4-2-3-5-11(10)13/h2-5,9,15H,6-8H2,1H3,(H,14,16). The number of aliphatic hydroxyl groups excluding tert-OH is 1. The zero-order valence-corrected chi connectivity index (χ0v) is 11.2. The molecule has 1 rings (SSSR count). The van der Waals surface area contributed by atoms with Crippen LogP contribution in [0.25, 0.3) is 0 Å². The van der Waals surface area contributed by atoms with Gasteiger partial charge in [-0.25, -0.2) is 0 Å². The molecule has 0 aliphatic carbocycles. The van der Waals surface area contributed by atoms with Crippen LogP contribution in [0, 0.1) is 0 Å². The summed E-state index contributed by atoms with van der Waals surface area (Å²) in [5.41, 5.74) is 0.591. The SMILES string of the molecule is COCC(O)CCNC(=O)c1ccccc1Br. The van der Waals surface area contributed by atoms with Gasteiger partial charge in [0.1, 0.15) is 0 Å². The van der Waals surface area contributed by atoms with Gasteiger partial charge in [0.15, 0.2) is 0 Å². The zero-order chi connectivity index (χ0) is 12.7. The number of ether oxygens (including phenoxy) is 1. The van der Waals surface area contributed by atoms with Crippen molar-refractivity contribution in [3.05, 3.63) is 34.3 Å². The molecule has 94 valence electrons. The van der Waals surface area contributed by atoms with E-state index in [1.54, 1.807) is 12.1 Å². The predicted octanol–water partition coefficient (Wildman–Crippen LogP) is 1.58. The van der Waals surface area contributed by atoms with E-state index in [0.29, 0.717) is 18.5 Å². The predicted molar refractivity (Wildman–Crippen MR) is 69.0 cm³/mol. The van der Waals surface area contributed by atoms with E-state index >= 15 is 0 Å². The molecule has 1 amide bonds. The van der Waals surface area contributed by atoms with Crippen molar-refractivity contribution in [2.45, 2.75) is 12.5 Å². The Labute approximate surface area is 109 Å². The first-order chi connectivity index (χ1) is 8.15. The fourth-order valence-electron chi connectivity index (χ4n) is 1.37. The van der Waals surface area contributed by atoms with E-state index < -0.39 is 6.10 Å². The largest absolute Gasteiger partial charge is 0.391 e. The number of carbonyl (C=O) groups is 1. The smallest absolute Gasteiger partial charge is 0.252 e. The first-order valence-corrected chi connectivity index (χ1v) is 6.14. The second-order valence-electron chi connectivity index (χ2n) is 3.63. The van der Waals surface area contributed by atoms with Gasteiger partial charge in [-0.15, -0.1) is 0 Å². The molecule has 1 aromatic carbocycles. The highest BCUT2D eigenvalue weighted by Gasteiger charge is 2.09. The molecule has 0 heterocycles. The van der Waals surface area contributed by atoms with Crippen LogP contribution in [-0.2, 0) is 4.74 Å². The van der Waals surface area contributed by atoms with Crippen molar-refractivity contribution in [1.82, 2.24) is 5.32 Å². The van der Waals surface area contributed by atoms with E-state index in [0.717, 1.165) is 4.47 Å². The molecule has 0 fully saturated rings. The maximum Gasteiger partial charge on any atom is 0.252 e. The van der Waals surface area contributed by atoms with Crippen molar-refractivity contribution in [2.24, 2.45) is 0 Å². The summed E-state index contributed by atoms with van der Waals surface area (Å²) in [5, 5.41) is 12.1. The average molecular weight is 302 g/mol. The Kier molecular flexibility index (Phi) is 6.18. The van der Waals surface area contributed by atoms with E-state index in [2.05, 4.69) is 21.2 Å². The molecule has 1 atom stereocenters. The van der Waals surface area contributed by atoms with Gasteiger partial charge in [0.2, 0.25) is 0 Å². The minimum Gasteiger partial charge on any atom is -0.391 e. The molecule has 0 aliphatic rings. The van der Waals surface area contributed by atoms with Crippen molar-refractivity contribution < 1.29 is 14.6 Å². The minimum absolute atomic E-state index is 0.151. The molecule has 0 saturated carbocycles. The summed E-state index contributed by atoms with van der Waals surface area (Å²) < 4.78 is 5.55. The number of hydrogen-bond donors (Lipinski definition) is 2. The van der Waals surface area contributed by atoms with Crippen LogP contribution in [0.4, 0.5) is 0 Å². The van der Waals surface area contributed by atoms with Crippen molar-refractivity contribution in [3.63, 3.8) is 0 Å². The number of hydrogen-bond acceptors (Lipinski definition) is 3. The van der Waals surface area contributed by atoms with Gasteiger partial charge < -0.3 is 15.2 Å². The van der Waals surface area contributed by atoms with Crippen molar-refractivity contribution in [1.29, 1.82) is 0 Å². The lowest BCUT2D eigenvalue weighted by Gasteiger charge is -2.10. The summed E-state index contributed by atoms with van der Waals surface area (Å²) in [6, 6.07) is 7.21. The Morgan fingerprint density at radius 3 is 2.88 bits per heavy atom. The number of rotatable bonds is 6. The van der Waals surface area contributed by atoms with Gasteiger partial charge in [0.25, 0.3) is 5.91 Å². The van der Waals surface area contributed by atoms with Crippen LogP contribution >= 0.6 is 15.9 Å². The maximum atomic E-state index is 11.8. The van der Waals surface area contributed by atoms with Gasteiger partial charge in [-0.05, 0) is 34.5 Å². The molecule has 0 aliphatic heterocycles. The third-order valence-corrected chi connectivity index (χ3v) is 2.93. The lowest BCUT2D eigenvalue weighted by atomic mass is 10.2. The van der Waals surface area contributed by atoms with Crippen LogP contribution in [0.15, 0.2) is 28.7 Å². The molecule has 0 bridgehead atoms. The van der Waals surface area contributed by atoms with E-state index in [1.165, 1.54) is 7.11 Å². The quantitative estimate of drug-likeness (QED) is 0.839. The third kappa shape index (κ3) is 4.85. The Bertz CT molecular complexity index is 371. The molecule has 1 unspecified atom stereocenters. The minimum atomic E-state index is -0.542. The Morgan fingerprint density at radius 1 is 1.53 bits per heavy atom. The zero-order valence-electron chi connectivity index (χ0n) is 9.65. The van der Waals surface area contributed by atoms with Crippen LogP contribution in [-0.4, -0.2) is 37.4 Å². The molecule has 0 saturated heterocycles. The van der Waals surface area contributed by atoms with Gasteiger partial charge in [-0.2, -0.15) is 0 Å². The molecule has 2 N–H and O–H groups in total. The van der Waals surface area contributed by atoms with Gasteiger partial charge in [-0.3, -0.25) is 4.79 Å². The van der Waals surface area contributed by atoms with Crippen molar-refractivity contribution >= 4 is 21.8 Å². The number of nitrogens with one attached hydrogen (secondary N) is 1. The molecule has 0 spiro atoms. The van der Waals surface area contributed by atoms with Crippen LogP contribution in [0.5, 0.6) is 0 Å². The Balaban J connectivity index is 2.38. The summed E-state index contributed by atoms with van der Waals surface area (Å²) in [6.45, 7) is 0.704. The summed E-state index contributed by atoms with van der Waals surface area (Å²) >= 11 is 3.31. The third-order valence-electron chi connectivity index (χ3n) is 2.24. The van der Waals surface area contributed by atoms with Gasteiger partial charge in [0, 0.05) is 18.1 Å². The van der Waals surface area contributed by atoms with Crippen LogP contribution in [0.1, 0.15) is 16.8 Å². The fraction of sp³-hybridized carbons (Fsp3) is 0.417. The second-order valence-corrected chi connectivity index (χ2v) is 4.49. The number of carbonyl (C=O) groups excluding carboxylic acids is 1. The van der Waals surface area contributed by atoms with Crippen LogP contribution < -0.4 is 5.32 Å². The molecule has 1 aromatic rings. The molecular weight excluding hydrogens is 286 g/mol. The van der Waals surface area contributed by atoms with E-state index in [9.17, 15) is 9.90 Å². The first kappa shape index (κ1) is 14.2. The molecule has 17 heavy (non-hydrogen) atoms. The summed E-state index contributed by atoms with van der Waals surface area (Å²) in [5.74, 6) is -0.151. The molecule has 5 heteroatoms. The summed E-state index contributed by atoms with van der Waals surface area (Å²) in [4.78, 5) is 11.8. The Morgan fingerprint density at radius 2 is 2.24 bits per heavy atom. The highest BCUT2D eigenvalue weighted by Crippen LogP contribution is 2.15. The molecule has 0 radical (unpaired) electrons. The summed E-state index contributed by atoms with van der Waals surface area (Å²) in [7, 11) is 1.53. The number of aliphatic hydroxyl groups is 1. The number of benzene rings is 1. The van der Waals surface area contributed by atoms with E-state index in [-0.39, 0.29) is 12.5 Å². The van der Waals surface area contributed by atoms with Gasteiger partial charge in [-0.1, -0.05) is 12.1 Å². The first-order valence-electron chi connectivity index (χ1n) is 5.35. The number of amides is 1. The monoisotopic (exact) mass is 301 g/mol. The van der Waals surface area contributed by atoms with E-state index in [4.69, 9.17) is 4.74 Å². The molecule has 4 nitrogen and oxygen atoms in total. The number of methoxy groups -OCH3 is 1. The molecular formula is C12H16BrNO3. The van der Waals surface area contributed by atoms with Crippen LogP contribution in [0.3, 0.4) is 0 Å². The molecule has 0 aromatic heterocycles. The van der Waals surface area contributed by atoms with Gasteiger partial charge >= 0.3 is 0 Å². The number of halogens is 1. The Hall–Kier alpha value is -0.910. The highest BCUT2D eigenvalue weighted by atomic mass is 79.9. The van der Waals surface area contributed by atoms with E-state index in [1.807, 2.05) is 12.1 Å². The van der Waals surface area contributed by atoms with Crippen molar-refractivity contribution in [2.75, 3.05) is 20.3 Å². The van der Waals surface area contributed by atoms with Gasteiger partial charge in [0.05, 0.1) is 18.3 Å². The highest BCUT2D eigenvalue weighted by molar-refractivity contribution is 9.10.